The fraction of sp³-hybridized carbons (Fsp3) is 0.909. The van der Waals surface area contributed by atoms with Gasteiger partial charge in [-0.1, -0.05) is 41.5 Å². The van der Waals surface area contributed by atoms with E-state index in [1.807, 2.05) is 20.8 Å². The minimum Gasteiger partial charge on any atom is -0.299 e. The van der Waals surface area contributed by atoms with Crippen LogP contribution in [0.4, 0.5) is 0 Å². The van der Waals surface area contributed by atoms with Crippen LogP contribution in [0, 0.1) is 34.5 Å². The molecule has 0 aromatic carbocycles. The summed E-state index contributed by atoms with van der Waals surface area (Å²) in [4.78, 5) is 25.1. The minimum atomic E-state index is -0.241. The zero-order chi connectivity index (χ0) is 18.1. The number of ketones is 2. The second kappa shape index (κ2) is 7.30. The third-order valence-corrected chi connectivity index (χ3v) is 6.04. The summed E-state index contributed by atoms with van der Waals surface area (Å²) in [5.74, 6) is 2.56. The highest BCUT2D eigenvalue weighted by Crippen LogP contribution is 2.42. The van der Waals surface area contributed by atoms with E-state index in [-0.39, 0.29) is 11.3 Å². The van der Waals surface area contributed by atoms with Gasteiger partial charge in [-0.15, -0.1) is 0 Å². The Bertz CT molecular complexity index is 463. The Kier molecular flexibility index (Phi) is 5.98. The van der Waals surface area contributed by atoms with Crippen LogP contribution in [0.2, 0.25) is 0 Å². The van der Waals surface area contributed by atoms with Gasteiger partial charge in [-0.25, -0.2) is 0 Å². The third kappa shape index (κ3) is 5.43. The lowest BCUT2D eigenvalue weighted by molar-refractivity contribution is -0.130. The van der Waals surface area contributed by atoms with Crippen LogP contribution >= 0.6 is 0 Å². The first-order valence-corrected chi connectivity index (χ1v) is 10.0. The molecule has 2 saturated carbocycles. The molecule has 0 spiro atoms. The molecule has 0 heterocycles. The molecule has 0 aromatic rings. The highest BCUT2D eigenvalue weighted by Gasteiger charge is 2.38. The van der Waals surface area contributed by atoms with Crippen LogP contribution < -0.4 is 0 Å². The largest absolute Gasteiger partial charge is 0.299 e. The lowest BCUT2D eigenvalue weighted by atomic mass is 9.81. The Morgan fingerprint density at radius 3 is 1.92 bits per heavy atom. The van der Waals surface area contributed by atoms with Gasteiger partial charge < -0.3 is 0 Å². The summed E-state index contributed by atoms with van der Waals surface area (Å²) in [6, 6.07) is 0. The van der Waals surface area contributed by atoms with E-state index in [9.17, 15) is 9.59 Å². The molecular formula is C22H38O2. The number of hydrogen-bond acceptors (Lipinski definition) is 2. The molecule has 2 heteroatoms. The smallest absolute Gasteiger partial charge is 0.141 e. The van der Waals surface area contributed by atoms with Crippen molar-refractivity contribution in [2.45, 2.75) is 92.9 Å². The zero-order valence-electron chi connectivity index (χ0n) is 16.8. The SMILES string of the molecule is CC(C)(C)CC1CCC(C(=O)CC2CCC(C(=O)C(C)(C)C)C2)C1. The van der Waals surface area contributed by atoms with E-state index in [0.717, 1.165) is 44.4 Å². The predicted molar refractivity (Wildman–Crippen MR) is 99.8 cm³/mol. The molecule has 2 nitrogen and oxygen atoms in total. The molecule has 4 unspecified atom stereocenters. The van der Waals surface area contributed by atoms with Crippen LogP contribution in [0.3, 0.4) is 0 Å². The Morgan fingerprint density at radius 2 is 1.33 bits per heavy atom. The van der Waals surface area contributed by atoms with Crippen molar-refractivity contribution in [1.29, 1.82) is 0 Å². The van der Waals surface area contributed by atoms with Crippen LogP contribution in [0.5, 0.6) is 0 Å². The maximum absolute atomic E-state index is 12.7. The van der Waals surface area contributed by atoms with Crippen LogP contribution in [-0.4, -0.2) is 11.6 Å². The van der Waals surface area contributed by atoms with Gasteiger partial charge in [0.2, 0.25) is 0 Å². The highest BCUT2D eigenvalue weighted by molar-refractivity contribution is 5.86. The van der Waals surface area contributed by atoms with Crippen LogP contribution in [0.25, 0.3) is 0 Å². The average Bonchev–Trinajstić information content (AvgIpc) is 3.04. The van der Waals surface area contributed by atoms with Gasteiger partial charge in [-0.3, -0.25) is 9.59 Å². The van der Waals surface area contributed by atoms with Crippen molar-refractivity contribution >= 4 is 11.6 Å². The van der Waals surface area contributed by atoms with Crippen molar-refractivity contribution in [1.82, 2.24) is 0 Å². The van der Waals surface area contributed by atoms with E-state index < -0.39 is 0 Å². The molecule has 0 aromatic heterocycles. The van der Waals surface area contributed by atoms with Gasteiger partial charge in [0, 0.05) is 23.7 Å². The molecule has 0 N–H and O–H groups in total. The van der Waals surface area contributed by atoms with Gasteiger partial charge in [0.25, 0.3) is 0 Å². The molecule has 0 bridgehead atoms. The summed E-state index contributed by atoms with van der Waals surface area (Å²) in [7, 11) is 0. The number of hydrogen-bond donors (Lipinski definition) is 0. The zero-order valence-corrected chi connectivity index (χ0v) is 16.8. The van der Waals surface area contributed by atoms with E-state index in [0.29, 0.717) is 28.8 Å². The predicted octanol–water partition coefficient (Wildman–Crippen LogP) is 5.83. The van der Waals surface area contributed by atoms with Crippen molar-refractivity contribution in [2.75, 3.05) is 0 Å². The lowest BCUT2D eigenvalue weighted by Gasteiger charge is -2.23. The summed E-state index contributed by atoms with van der Waals surface area (Å²) in [5, 5.41) is 0. The summed E-state index contributed by atoms with van der Waals surface area (Å²) >= 11 is 0. The van der Waals surface area contributed by atoms with E-state index >= 15 is 0 Å². The molecule has 24 heavy (non-hydrogen) atoms. The number of carbonyl (C=O) groups excluding carboxylic acids is 2. The number of carbonyl (C=O) groups is 2. The number of Topliss-reactive ketones (excluding diaryl/α,β-unsaturated/α-hetero) is 2. The Balaban J connectivity index is 1.79. The van der Waals surface area contributed by atoms with Crippen LogP contribution in [0.15, 0.2) is 0 Å². The van der Waals surface area contributed by atoms with E-state index in [4.69, 9.17) is 0 Å². The third-order valence-electron chi connectivity index (χ3n) is 6.04. The monoisotopic (exact) mass is 334 g/mol. The Morgan fingerprint density at radius 1 is 0.792 bits per heavy atom. The topological polar surface area (TPSA) is 34.1 Å². The van der Waals surface area contributed by atoms with Crippen molar-refractivity contribution in [3.05, 3.63) is 0 Å². The molecule has 0 radical (unpaired) electrons. The molecule has 2 rings (SSSR count). The second-order valence-electron chi connectivity index (χ2n) is 10.8. The van der Waals surface area contributed by atoms with E-state index in [2.05, 4.69) is 20.8 Å². The fourth-order valence-corrected chi connectivity index (χ4v) is 4.98. The van der Waals surface area contributed by atoms with Gasteiger partial charge in [0.05, 0.1) is 0 Å². The molecular weight excluding hydrogens is 296 g/mol. The molecule has 0 saturated heterocycles. The van der Waals surface area contributed by atoms with Crippen LogP contribution in [-0.2, 0) is 9.59 Å². The molecule has 0 aliphatic heterocycles. The minimum absolute atomic E-state index is 0.194. The van der Waals surface area contributed by atoms with Gasteiger partial charge in [-0.2, -0.15) is 0 Å². The summed E-state index contributed by atoms with van der Waals surface area (Å²) in [6.45, 7) is 12.9. The second-order valence-corrected chi connectivity index (χ2v) is 10.8. The normalized spacial score (nSPS) is 31.4. The van der Waals surface area contributed by atoms with Crippen molar-refractivity contribution in [2.24, 2.45) is 34.5 Å². The summed E-state index contributed by atoms with van der Waals surface area (Å²) < 4.78 is 0. The van der Waals surface area contributed by atoms with Crippen molar-refractivity contribution in [3.8, 4) is 0 Å². The average molecular weight is 335 g/mol. The number of rotatable bonds is 5. The van der Waals surface area contributed by atoms with Crippen LogP contribution in [0.1, 0.15) is 92.9 Å². The quantitative estimate of drug-likeness (QED) is 0.634. The van der Waals surface area contributed by atoms with Crippen molar-refractivity contribution in [3.63, 3.8) is 0 Å². The molecule has 2 aliphatic carbocycles. The standard InChI is InChI=1S/C22H38O2/c1-21(2,3)14-16-8-9-17(12-16)19(23)13-15-7-10-18(11-15)20(24)22(4,5)6/h15-18H,7-14H2,1-6H3. The fourth-order valence-electron chi connectivity index (χ4n) is 4.98. The first kappa shape index (κ1) is 19.7. The summed E-state index contributed by atoms with van der Waals surface area (Å²) in [5.41, 5.74) is 0.129. The van der Waals surface area contributed by atoms with Gasteiger partial charge >= 0.3 is 0 Å². The first-order valence-electron chi connectivity index (χ1n) is 10.0. The van der Waals surface area contributed by atoms with E-state index in [1.54, 1.807) is 0 Å². The summed E-state index contributed by atoms with van der Waals surface area (Å²) in [6.07, 6.45) is 8.39. The van der Waals surface area contributed by atoms with Gasteiger partial charge in [0.15, 0.2) is 0 Å². The molecule has 4 atom stereocenters. The molecule has 2 aliphatic rings. The lowest BCUT2D eigenvalue weighted by Crippen LogP contribution is -2.27. The maximum atomic E-state index is 12.7. The van der Waals surface area contributed by atoms with Gasteiger partial charge in [0.1, 0.15) is 11.6 Å². The van der Waals surface area contributed by atoms with Gasteiger partial charge in [-0.05, 0) is 62.2 Å². The molecule has 2 fully saturated rings. The Hall–Kier alpha value is -0.660. The first-order chi connectivity index (χ1) is 11.0. The molecule has 138 valence electrons. The highest BCUT2D eigenvalue weighted by atomic mass is 16.1. The Labute approximate surface area is 149 Å². The molecule has 0 amide bonds. The van der Waals surface area contributed by atoms with E-state index in [1.165, 1.54) is 12.8 Å². The van der Waals surface area contributed by atoms with Crippen molar-refractivity contribution < 1.29 is 9.59 Å². The maximum Gasteiger partial charge on any atom is 0.141 e.